The number of halogens is 3. The highest BCUT2D eigenvalue weighted by Crippen LogP contribution is 2.31. The lowest BCUT2D eigenvalue weighted by molar-refractivity contribution is -0.138. The molecule has 2 rings (SSSR count). The fraction of sp³-hybridized carbons (Fsp3) is 0.600. The summed E-state index contributed by atoms with van der Waals surface area (Å²) in [5, 5.41) is 3.12. The maximum atomic E-state index is 12.8. The Morgan fingerprint density at radius 3 is 2.43 bits per heavy atom. The van der Waals surface area contributed by atoms with Gasteiger partial charge in [-0.2, -0.15) is 13.2 Å². The standard InChI is InChI=1S/C15H22F3N3/c1-20-8-10-21(11-9-20)7-6-19-12-13-4-2-3-5-14(13)15(16,17)18/h2-5,19H,6-12H2,1H3. The van der Waals surface area contributed by atoms with Crippen molar-refractivity contribution in [3.8, 4) is 0 Å². The number of hydrogen-bond donors (Lipinski definition) is 1. The SMILES string of the molecule is CN1CCN(CCNCc2ccccc2C(F)(F)F)CC1. The Bertz CT molecular complexity index is 440. The van der Waals surface area contributed by atoms with Crippen molar-refractivity contribution in [2.75, 3.05) is 46.3 Å². The Kier molecular flexibility index (Phi) is 5.61. The van der Waals surface area contributed by atoms with Crippen molar-refractivity contribution in [2.24, 2.45) is 0 Å². The molecule has 0 spiro atoms. The van der Waals surface area contributed by atoms with Crippen LogP contribution < -0.4 is 5.32 Å². The number of alkyl halides is 3. The van der Waals surface area contributed by atoms with E-state index in [9.17, 15) is 13.2 Å². The highest BCUT2D eigenvalue weighted by molar-refractivity contribution is 5.29. The quantitative estimate of drug-likeness (QED) is 0.840. The van der Waals surface area contributed by atoms with Gasteiger partial charge in [0.2, 0.25) is 0 Å². The van der Waals surface area contributed by atoms with E-state index in [0.717, 1.165) is 38.8 Å². The lowest BCUT2D eigenvalue weighted by Crippen LogP contribution is -2.46. The second-order valence-electron chi connectivity index (χ2n) is 5.48. The molecule has 118 valence electrons. The van der Waals surface area contributed by atoms with Gasteiger partial charge in [0.1, 0.15) is 0 Å². The predicted molar refractivity (Wildman–Crippen MR) is 77.1 cm³/mol. The second-order valence-corrected chi connectivity index (χ2v) is 5.48. The first-order valence-corrected chi connectivity index (χ1v) is 7.23. The van der Waals surface area contributed by atoms with E-state index in [-0.39, 0.29) is 6.54 Å². The molecule has 6 heteroatoms. The minimum atomic E-state index is -4.28. The lowest BCUT2D eigenvalue weighted by atomic mass is 10.1. The normalized spacial score (nSPS) is 18.1. The van der Waals surface area contributed by atoms with Crippen molar-refractivity contribution in [2.45, 2.75) is 12.7 Å². The van der Waals surface area contributed by atoms with Crippen molar-refractivity contribution < 1.29 is 13.2 Å². The van der Waals surface area contributed by atoms with E-state index in [1.165, 1.54) is 12.1 Å². The van der Waals surface area contributed by atoms with Crippen molar-refractivity contribution >= 4 is 0 Å². The molecule has 0 atom stereocenters. The third-order valence-electron chi connectivity index (χ3n) is 3.84. The van der Waals surface area contributed by atoms with Gasteiger partial charge in [-0.3, -0.25) is 4.90 Å². The Morgan fingerprint density at radius 1 is 1.10 bits per heavy atom. The maximum Gasteiger partial charge on any atom is 0.416 e. The Hall–Kier alpha value is -1.11. The van der Waals surface area contributed by atoms with Crippen molar-refractivity contribution in [1.29, 1.82) is 0 Å². The molecule has 1 N–H and O–H groups in total. The molecule has 1 aliphatic rings. The molecule has 0 saturated carbocycles. The predicted octanol–water partition coefficient (Wildman–Crippen LogP) is 2.04. The molecular formula is C15H22F3N3. The Balaban J connectivity index is 1.76. The van der Waals surface area contributed by atoms with Crippen LogP contribution in [0.4, 0.5) is 13.2 Å². The fourth-order valence-corrected chi connectivity index (χ4v) is 2.48. The van der Waals surface area contributed by atoms with Crippen LogP contribution in [0.3, 0.4) is 0 Å². The molecule has 1 aromatic carbocycles. The van der Waals surface area contributed by atoms with Crippen LogP contribution >= 0.6 is 0 Å². The zero-order chi connectivity index (χ0) is 15.3. The summed E-state index contributed by atoms with van der Waals surface area (Å²) in [5.74, 6) is 0. The first kappa shape index (κ1) is 16.3. The number of piperazine rings is 1. The number of nitrogens with zero attached hydrogens (tertiary/aromatic N) is 2. The van der Waals surface area contributed by atoms with Crippen molar-refractivity contribution in [1.82, 2.24) is 15.1 Å². The zero-order valence-electron chi connectivity index (χ0n) is 12.3. The van der Waals surface area contributed by atoms with Gasteiger partial charge < -0.3 is 10.2 Å². The van der Waals surface area contributed by atoms with Gasteiger partial charge in [0.15, 0.2) is 0 Å². The lowest BCUT2D eigenvalue weighted by Gasteiger charge is -2.32. The average Bonchev–Trinajstić information content (AvgIpc) is 2.45. The van der Waals surface area contributed by atoms with Gasteiger partial charge in [0, 0.05) is 45.8 Å². The highest BCUT2D eigenvalue weighted by atomic mass is 19.4. The van der Waals surface area contributed by atoms with Crippen LogP contribution in [0, 0.1) is 0 Å². The third kappa shape index (κ3) is 4.98. The molecule has 3 nitrogen and oxygen atoms in total. The van der Waals surface area contributed by atoms with E-state index in [2.05, 4.69) is 22.2 Å². The molecule has 21 heavy (non-hydrogen) atoms. The number of rotatable bonds is 5. The average molecular weight is 301 g/mol. The van der Waals surface area contributed by atoms with E-state index in [1.54, 1.807) is 6.07 Å². The first-order chi connectivity index (χ1) is 9.97. The van der Waals surface area contributed by atoms with Crippen LogP contribution in [0.15, 0.2) is 24.3 Å². The van der Waals surface area contributed by atoms with Gasteiger partial charge in [-0.05, 0) is 18.7 Å². The number of nitrogens with one attached hydrogen (secondary N) is 1. The molecule has 1 heterocycles. The fourth-order valence-electron chi connectivity index (χ4n) is 2.48. The van der Waals surface area contributed by atoms with E-state index in [0.29, 0.717) is 12.1 Å². The van der Waals surface area contributed by atoms with E-state index in [1.807, 2.05) is 0 Å². The van der Waals surface area contributed by atoms with E-state index >= 15 is 0 Å². The molecule has 0 radical (unpaired) electrons. The van der Waals surface area contributed by atoms with Gasteiger partial charge in [-0.25, -0.2) is 0 Å². The molecule has 0 aliphatic carbocycles. The van der Waals surface area contributed by atoms with Gasteiger partial charge in [-0.15, -0.1) is 0 Å². The van der Waals surface area contributed by atoms with E-state index in [4.69, 9.17) is 0 Å². The summed E-state index contributed by atoms with van der Waals surface area (Å²) in [5.41, 5.74) is -0.236. The first-order valence-electron chi connectivity index (χ1n) is 7.23. The third-order valence-corrected chi connectivity index (χ3v) is 3.84. The van der Waals surface area contributed by atoms with Crippen LogP contribution in [0.2, 0.25) is 0 Å². The van der Waals surface area contributed by atoms with Gasteiger partial charge in [-0.1, -0.05) is 18.2 Å². The Morgan fingerprint density at radius 2 is 1.76 bits per heavy atom. The Labute approximate surface area is 123 Å². The summed E-state index contributed by atoms with van der Waals surface area (Å²) < 4.78 is 38.5. The van der Waals surface area contributed by atoms with Gasteiger partial charge in [0.05, 0.1) is 5.56 Å². The highest BCUT2D eigenvalue weighted by Gasteiger charge is 2.32. The molecule has 1 saturated heterocycles. The summed E-state index contributed by atoms with van der Waals surface area (Å²) in [4.78, 5) is 4.62. The second kappa shape index (κ2) is 7.24. The number of hydrogen-bond acceptors (Lipinski definition) is 3. The molecule has 0 amide bonds. The number of benzene rings is 1. The molecule has 1 fully saturated rings. The minimum Gasteiger partial charge on any atom is -0.311 e. The van der Waals surface area contributed by atoms with Crippen LogP contribution in [0.5, 0.6) is 0 Å². The summed E-state index contributed by atoms with van der Waals surface area (Å²) in [6.45, 7) is 5.99. The smallest absolute Gasteiger partial charge is 0.311 e. The molecule has 0 bridgehead atoms. The molecule has 0 aromatic heterocycles. The summed E-state index contributed by atoms with van der Waals surface area (Å²) in [7, 11) is 2.10. The minimum absolute atomic E-state index is 0.253. The largest absolute Gasteiger partial charge is 0.416 e. The van der Waals surface area contributed by atoms with Gasteiger partial charge in [0.25, 0.3) is 0 Å². The van der Waals surface area contributed by atoms with E-state index < -0.39 is 11.7 Å². The maximum absolute atomic E-state index is 12.8. The van der Waals surface area contributed by atoms with Gasteiger partial charge >= 0.3 is 6.18 Å². The summed E-state index contributed by atoms with van der Waals surface area (Å²) in [6.07, 6.45) is -4.28. The molecular weight excluding hydrogens is 279 g/mol. The van der Waals surface area contributed by atoms with Crippen molar-refractivity contribution in [3.05, 3.63) is 35.4 Å². The summed E-state index contributed by atoms with van der Waals surface area (Å²) >= 11 is 0. The molecule has 0 unspecified atom stereocenters. The zero-order valence-corrected chi connectivity index (χ0v) is 12.3. The van der Waals surface area contributed by atoms with Crippen LogP contribution in [-0.4, -0.2) is 56.1 Å². The number of likely N-dealkylation sites (N-methyl/N-ethyl adjacent to an activating group) is 1. The summed E-state index contributed by atoms with van der Waals surface area (Å²) in [6, 6.07) is 5.74. The molecule has 1 aromatic rings. The van der Waals surface area contributed by atoms with Crippen LogP contribution in [0.1, 0.15) is 11.1 Å². The molecule has 1 aliphatic heterocycles. The van der Waals surface area contributed by atoms with Crippen LogP contribution in [0.25, 0.3) is 0 Å². The topological polar surface area (TPSA) is 18.5 Å². The van der Waals surface area contributed by atoms with Crippen molar-refractivity contribution in [3.63, 3.8) is 0 Å². The monoisotopic (exact) mass is 301 g/mol. The van der Waals surface area contributed by atoms with Crippen LogP contribution in [-0.2, 0) is 12.7 Å².